The lowest BCUT2D eigenvalue weighted by atomic mass is 9.91. The van der Waals surface area contributed by atoms with Crippen LogP contribution in [0.1, 0.15) is 31.2 Å². The van der Waals surface area contributed by atoms with Gasteiger partial charge < -0.3 is 15.4 Å². The number of piperidine rings is 1. The van der Waals surface area contributed by atoms with E-state index < -0.39 is 0 Å². The zero-order valence-corrected chi connectivity index (χ0v) is 15.0. The first-order valence-electron chi connectivity index (χ1n) is 9.58. The third-order valence-electron chi connectivity index (χ3n) is 5.34. The van der Waals surface area contributed by atoms with Crippen molar-refractivity contribution < 1.29 is 9.53 Å². The molecule has 1 aliphatic heterocycles. The molecule has 2 aromatic rings. The van der Waals surface area contributed by atoms with Crippen LogP contribution < -0.4 is 5.73 Å². The molecule has 1 heterocycles. The number of nitrogens with two attached hydrogens (primary N) is 1. The van der Waals surface area contributed by atoms with Crippen LogP contribution in [0.15, 0.2) is 54.6 Å². The van der Waals surface area contributed by atoms with Gasteiger partial charge in [-0.1, -0.05) is 54.6 Å². The molecule has 4 nitrogen and oxygen atoms in total. The van der Waals surface area contributed by atoms with E-state index in [0.29, 0.717) is 0 Å². The maximum Gasteiger partial charge on any atom is 0.410 e. The van der Waals surface area contributed by atoms with Crippen molar-refractivity contribution in [2.24, 2.45) is 5.73 Å². The van der Waals surface area contributed by atoms with Gasteiger partial charge in [-0.2, -0.15) is 0 Å². The number of nitrogens with zero attached hydrogens (tertiary/aromatic N) is 1. The zero-order chi connectivity index (χ0) is 17.9. The first-order valence-corrected chi connectivity index (χ1v) is 9.58. The Kier molecular flexibility index (Phi) is 4.93. The average Bonchev–Trinajstić information content (AvgIpc) is 3.48. The summed E-state index contributed by atoms with van der Waals surface area (Å²) in [5, 5.41) is 0. The average molecular weight is 350 g/mol. The highest BCUT2D eigenvalue weighted by atomic mass is 16.6. The van der Waals surface area contributed by atoms with E-state index in [4.69, 9.17) is 10.5 Å². The summed E-state index contributed by atoms with van der Waals surface area (Å²) in [7, 11) is 0. The number of carbonyl (C=O) groups excluding carboxylic acids is 1. The summed E-state index contributed by atoms with van der Waals surface area (Å²) in [5.41, 5.74) is 10.0. The van der Waals surface area contributed by atoms with Crippen LogP contribution in [0.3, 0.4) is 0 Å². The fraction of sp³-hybridized carbons (Fsp3) is 0.409. The molecule has 2 fully saturated rings. The van der Waals surface area contributed by atoms with E-state index in [1.807, 2.05) is 11.0 Å². The van der Waals surface area contributed by atoms with Crippen LogP contribution in [0.5, 0.6) is 0 Å². The van der Waals surface area contributed by atoms with E-state index >= 15 is 0 Å². The molecule has 4 rings (SSSR count). The quantitative estimate of drug-likeness (QED) is 0.907. The fourth-order valence-electron chi connectivity index (χ4n) is 3.72. The molecule has 2 unspecified atom stereocenters. The maximum absolute atomic E-state index is 12.5. The highest BCUT2D eigenvalue weighted by molar-refractivity contribution is 5.69. The number of ether oxygens (including phenoxy) is 1. The number of benzene rings is 2. The molecule has 136 valence electrons. The van der Waals surface area contributed by atoms with Gasteiger partial charge in [-0.3, -0.25) is 0 Å². The van der Waals surface area contributed by atoms with Crippen molar-refractivity contribution in [2.75, 3.05) is 6.54 Å². The van der Waals surface area contributed by atoms with E-state index in [1.165, 1.54) is 16.7 Å². The SMILES string of the molecule is NC1CCCN(C(=O)OC2CC2)C1Cc1cccc(-c2ccccc2)c1. The summed E-state index contributed by atoms with van der Waals surface area (Å²) < 4.78 is 5.54. The van der Waals surface area contributed by atoms with Gasteiger partial charge in [-0.15, -0.1) is 0 Å². The fourth-order valence-corrected chi connectivity index (χ4v) is 3.72. The van der Waals surface area contributed by atoms with Crippen molar-refractivity contribution in [3.63, 3.8) is 0 Å². The Morgan fingerprint density at radius 2 is 1.81 bits per heavy atom. The van der Waals surface area contributed by atoms with Crippen molar-refractivity contribution in [3.8, 4) is 11.1 Å². The minimum atomic E-state index is -0.188. The summed E-state index contributed by atoms with van der Waals surface area (Å²) in [6.07, 6.45) is 4.60. The lowest BCUT2D eigenvalue weighted by Crippen LogP contribution is -2.55. The van der Waals surface area contributed by atoms with Crippen molar-refractivity contribution in [3.05, 3.63) is 60.2 Å². The van der Waals surface area contributed by atoms with E-state index in [9.17, 15) is 4.79 Å². The second-order valence-corrected chi connectivity index (χ2v) is 7.42. The van der Waals surface area contributed by atoms with Gasteiger partial charge in [0.2, 0.25) is 0 Å². The highest BCUT2D eigenvalue weighted by Crippen LogP contribution is 2.28. The van der Waals surface area contributed by atoms with Crippen molar-refractivity contribution in [2.45, 2.75) is 50.3 Å². The molecule has 4 heteroatoms. The summed E-state index contributed by atoms with van der Waals surface area (Å²) in [6.45, 7) is 0.738. The molecule has 1 amide bonds. The van der Waals surface area contributed by atoms with E-state index in [1.54, 1.807) is 0 Å². The molecule has 2 aliphatic rings. The first kappa shape index (κ1) is 17.1. The third-order valence-corrected chi connectivity index (χ3v) is 5.34. The summed E-state index contributed by atoms with van der Waals surface area (Å²) in [4.78, 5) is 14.4. The molecule has 0 spiro atoms. The lowest BCUT2D eigenvalue weighted by Gasteiger charge is -2.39. The smallest absolute Gasteiger partial charge is 0.410 e. The molecular formula is C22H26N2O2. The highest BCUT2D eigenvalue weighted by Gasteiger charge is 2.36. The van der Waals surface area contributed by atoms with Crippen LogP contribution in [0.25, 0.3) is 11.1 Å². The van der Waals surface area contributed by atoms with Crippen molar-refractivity contribution in [1.29, 1.82) is 0 Å². The number of rotatable bonds is 4. The number of hydrogen-bond donors (Lipinski definition) is 1. The van der Waals surface area contributed by atoms with Crippen LogP contribution in [0, 0.1) is 0 Å². The second kappa shape index (κ2) is 7.50. The summed E-state index contributed by atoms with van der Waals surface area (Å²) in [5.74, 6) is 0. The zero-order valence-electron chi connectivity index (χ0n) is 15.0. The molecule has 0 radical (unpaired) electrons. The van der Waals surface area contributed by atoms with Crippen LogP contribution >= 0.6 is 0 Å². The number of hydrogen-bond acceptors (Lipinski definition) is 3. The van der Waals surface area contributed by atoms with Crippen LogP contribution in [0.2, 0.25) is 0 Å². The second-order valence-electron chi connectivity index (χ2n) is 7.42. The topological polar surface area (TPSA) is 55.6 Å². The molecule has 1 saturated heterocycles. The maximum atomic E-state index is 12.5. The van der Waals surface area contributed by atoms with E-state index in [-0.39, 0.29) is 24.3 Å². The molecule has 1 aliphatic carbocycles. The largest absolute Gasteiger partial charge is 0.446 e. The van der Waals surface area contributed by atoms with Crippen LogP contribution in [0.4, 0.5) is 4.79 Å². The number of amides is 1. The third kappa shape index (κ3) is 3.91. The molecule has 0 aromatic heterocycles. The molecule has 26 heavy (non-hydrogen) atoms. The van der Waals surface area contributed by atoms with Gasteiger partial charge in [0.1, 0.15) is 6.10 Å². The first-order chi connectivity index (χ1) is 12.7. The Morgan fingerprint density at radius 1 is 1.04 bits per heavy atom. The van der Waals surface area contributed by atoms with E-state index in [2.05, 4.69) is 48.5 Å². The number of likely N-dealkylation sites (tertiary alicyclic amines) is 1. The Hall–Kier alpha value is -2.33. The van der Waals surface area contributed by atoms with Crippen LogP contribution in [-0.4, -0.2) is 35.7 Å². The van der Waals surface area contributed by atoms with Gasteiger partial charge in [0.05, 0.1) is 6.04 Å². The van der Waals surface area contributed by atoms with Gasteiger partial charge in [0.15, 0.2) is 0 Å². The molecular weight excluding hydrogens is 324 g/mol. The van der Waals surface area contributed by atoms with Crippen LogP contribution in [-0.2, 0) is 11.2 Å². The van der Waals surface area contributed by atoms with Gasteiger partial charge in [0.25, 0.3) is 0 Å². The predicted molar refractivity (Wildman–Crippen MR) is 103 cm³/mol. The minimum Gasteiger partial charge on any atom is -0.446 e. The molecule has 2 aromatic carbocycles. The van der Waals surface area contributed by atoms with Crippen molar-refractivity contribution in [1.82, 2.24) is 4.90 Å². The summed E-state index contributed by atoms with van der Waals surface area (Å²) in [6, 6.07) is 18.9. The van der Waals surface area contributed by atoms with Gasteiger partial charge in [-0.25, -0.2) is 4.79 Å². The molecule has 2 atom stereocenters. The Balaban J connectivity index is 1.52. The Morgan fingerprint density at radius 3 is 2.58 bits per heavy atom. The molecule has 0 bridgehead atoms. The summed E-state index contributed by atoms with van der Waals surface area (Å²) >= 11 is 0. The van der Waals surface area contributed by atoms with Crippen molar-refractivity contribution >= 4 is 6.09 Å². The Bertz CT molecular complexity index is 758. The molecule has 2 N–H and O–H groups in total. The number of carbonyl (C=O) groups is 1. The monoisotopic (exact) mass is 350 g/mol. The Labute approximate surface area is 155 Å². The van der Waals surface area contributed by atoms with Gasteiger partial charge in [-0.05, 0) is 48.8 Å². The normalized spacial score (nSPS) is 22.9. The van der Waals surface area contributed by atoms with Gasteiger partial charge >= 0.3 is 6.09 Å². The van der Waals surface area contributed by atoms with Gasteiger partial charge in [0, 0.05) is 12.6 Å². The molecule has 1 saturated carbocycles. The van der Waals surface area contributed by atoms with E-state index in [0.717, 1.165) is 38.6 Å². The standard InChI is InChI=1S/C22H26N2O2/c23-20-10-5-13-24(22(25)26-19-11-12-19)21(20)15-16-6-4-9-18(14-16)17-7-2-1-3-8-17/h1-4,6-9,14,19-21H,5,10-13,15,23H2. The minimum absolute atomic E-state index is 0.000948. The predicted octanol–water partition coefficient (Wildman–Crippen LogP) is 3.99. The lowest BCUT2D eigenvalue weighted by molar-refractivity contribution is 0.0619.